The van der Waals surface area contributed by atoms with Gasteiger partial charge >= 0.3 is 0 Å². The number of benzene rings is 2. The molecule has 7 heteroatoms. The number of sulfonamides is 1. The smallest absolute Gasteiger partial charge is 0.268 e. The lowest BCUT2D eigenvalue weighted by Gasteiger charge is -2.11. The van der Waals surface area contributed by atoms with Crippen molar-refractivity contribution in [3.63, 3.8) is 0 Å². The van der Waals surface area contributed by atoms with Gasteiger partial charge in [0.05, 0.1) is 18.9 Å². The fourth-order valence-electron chi connectivity index (χ4n) is 2.22. The van der Waals surface area contributed by atoms with Crippen molar-refractivity contribution in [1.82, 2.24) is 4.72 Å². The maximum Gasteiger partial charge on any atom is 0.268 e. The first-order valence-corrected chi connectivity index (χ1v) is 9.62. The summed E-state index contributed by atoms with van der Waals surface area (Å²) in [5.41, 5.74) is 2.17. The van der Waals surface area contributed by atoms with Crippen LogP contribution >= 0.6 is 0 Å². The first-order valence-electron chi connectivity index (χ1n) is 7.73. The van der Waals surface area contributed by atoms with E-state index < -0.39 is 15.9 Å². The minimum atomic E-state index is -3.64. The molecule has 0 aliphatic rings. The van der Waals surface area contributed by atoms with Crippen molar-refractivity contribution in [2.24, 2.45) is 0 Å². The number of rotatable bonds is 7. The molecule has 0 aromatic heterocycles. The average Bonchev–Trinajstić information content (AvgIpc) is 2.58. The number of methoxy groups -OCH3 is 1. The molecule has 2 aromatic carbocycles. The predicted molar refractivity (Wildman–Crippen MR) is 95.5 cm³/mol. The second-order valence-corrected chi connectivity index (χ2v) is 7.27. The maximum absolute atomic E-state index is 12.0. The van der Waals surface area contributed by atoms with Crippen LogP contribution < -0.4 is 14.2 Å². The number of carbonyl (C=O) groups excluding carboxylic acids is 1. The number of hydrogen-bond acceptors (Lipinski definition) is 5. The number of hydrogen-bond donors (Lipinski definition) is 1. The molecule has 0 saturated heterocycles. The third kappa shape index (κ3) is 5.49. The molecule has 0 unspecified atom stereocenters. The molecule has 0 fully saturated rings. The van der Waals surface area contributed by atoms with Gasteiger partial charge in [0.15, 0.2) is 0 Å². The zero-order valence-corrected chi connectivity index (χ0v) is 15.2. The van der Waals surface area contributed by atoms with E-state index in [1.807, 2.05) is 29.0 Å². The molecule has 2 aromatic rings. The SMILES string of the molecule is CCc1ccc(OCc2ccc(C(=O)NS(C)(=O)=O)c(OC)c2)cc1. The quantitative estimate of drug-likeness (QED) is 0.817. The minimum Gasteiger partial charge on any atom is -0.496 e. The number of ether oxygens (including phenoxy) is 2. The van der Waals surface area contributed by atoms with Crippen LogP contribution in [0.4, 0.5) is 0 Å². The maximum atomic E-state index is 12.0. The van der Waals surface area contributed by atoms with Gasteiger partial charge in [-0.2, -0.15) is 0 Å². The monoisotopic (exact) mass is 363 g/mol. The topological polar surface area (TPSA) is 81.7 Å². The highest BCUT2D eigenvalue weighted by atomic mass is 32.2. The number of aryl methyl sites for hydroxylation is 1. The Morgan fingerprint density at radius 2 is 1.72 bits per heavy atom. The van der Waals surface area contributed by atoms with Gasteiger partial charge in [-0.1, -0.05) is 25.1 Å². The second-order valence-electron chi connectivity index (χ2n) is 5.52. The van der Waals surface area contributed by atoms with E-state index in [9.17, 15) is 13.2 Å². The van der Waals surface area contributed by atoms with Gasteiger partial charge in [-0.15, -0.1) is 0 Å². The Hall–Kier alpha value is -2.54. The molecule has 1 N–H and O–H groups in total. The summed E-state index contributed by atoms with van der Waals surface area (Å²) in [4.78, 5) is 12.0. The van der Waals surface area contributed by atoms with Gasteiger partial charge in [-0.05, 0) is 41.8 Å². The molecule has 0 heterocycles. The Morgan fingerprint density at radius 3 is 2.28 bits per heavy atom. The summed E-state index contributed by atoms with van der Waals surface area (Å²) in [5.74, 6) is 0.292. The fourth-order valence-corrected chi connectivity index (χ4v) is 2.67. The van der Waals surface area contributed by atoms with Crippen molar-refractivity contribution in [2.45, 2.75) is 20.0 Å². The van der Waals surface area contributed by atoms with Crippen LogP contribution in [0.25, 0.3) is 0 Å². The molecule has 2 rings (SSSR count). The molecule has 1 amide bonds. The summed E-state index contributed by atoms with van der Waals surface area (Å²) in [6, 6.07) is 12.7. The lowest BCUT2D eigenvalue weighted by Crippen LogP contribution is -2.29. The third-order valence-corrected chi connectivity index (χ3v) is 4.08. The van der Waals surface area contributed by atoms with E-state index in [0.717, 1.165) is 24.0 Å². The Bertz CT molecular complexity index is 844. The first-order chi connectivity index (χ1) is 11.8. The molecule has 0 radical (unpaired) electrons. The van der Waals surface area contributed by atoms with Crippen molar-refractivity contribution in [1.29, 1.82) is 0 Å². The normalized spacial score (nSPS) is 11.0. The van der Waals surface area contributed by atoms with Crippen molar-refractivity contribution >= 4 is 15.9 Å². The standard InChI is InChI=1S/C18H21NO5S/c1-4-13-5-8-15(9-6-13)24-12-14-7-10-16(17(11-14)23-2)18(20)19-25(3,21)22/h5-11H,4,12H2,1-3H3,(H,19,20). The Morgan fingerprint density at radius 1 is 1.08 bits per heavy atom. The van der Waals surface area contributed by atoms with Crippen molar-refractivity contribution < 1.29 is 22.7 Å². The third-order valence-electron chi connectivity index (χ3n) is 3.53. The Labute approximate surface area is 147 Å². The van der Waals surface area contributed by atoms with Gasteiger partial charge in [0.1, 0.15) is 18.1 Å². The van der Waals surface area contributed by atoms with Crippen molar-refractivity contribution in [3.8, 4) is 11.5 Å². The molecule has 0 bridgehead atoms. The van der Waals surface area contributed by atoms with Gasteiger partial charge in [0, 0.05) is 0 Å². The number of carbonyl (C=O) groups is 1. The van der Waals surface area contributed by atoms with Crippen LogP contribution in [0.1, 0.15) is 28.4 Å². The van der Waals surface area contributed by atoms with Crippen LogP contribution in [-0.2, 0) is 23.1 Å². The number of amides is 1. The van der Waals surface area contributed by atoms with Crippen LogP contribution in [0.15, 0.2) is 42.5 Å². The van der Waals surface area contributed by atoms with Gasteiger partial charge in [0.25, 0.3) is 5.91 Å². The lowest BCUT2D eigenvalue weighted by molar-refractivity contribution is 0.0978. The molecule has 6 nitrogen and oxygen atoms in total. The summed E-state index contributed by atoms with van der Waals surface area (Å²) >= 11 is 0. The summed E-state index contributed by atoms with van der Waals surface area (Å²) in [6.45, 7) is 2.39. The highest BCUT2D eigenvalue weighted by Crippen LogP contribution is 2.22. The summed E-state index contributed by atoms with van der Waals surface area (Å²) < 4.78 is 35.2. The van der Waals surface area contributed by atoms with Crippen molar-refractivity contribution in [2.75, 3.05) is 13.4 Å². The van der Waals surface area contributed by atoms with E-state index in [0.29, 0.717) is 6.61 Å². The molecule has 134 valence electrons. The summed E-state index contributed by atoms with van der Waals surface area (Å²) in [5, 5.41) is 0. The van der Waals surface area contributed by atoms with Crippen LogP contribution in [0.2, 0.25) is 0 Å². The van der Waals surface area contributed by atoms with E-state index >= 15 is 0 Å². The largest absolute Gasteiger partial charge is 0.496 e. The Balaban J connectivity index is 2.10. The molecule has 25 heavy (non-hydrogen) atoms. The fraction of sp³-hybridized carbons (Fsp3) is 0.278. The van der Waals surface area contributed by atoms with Gasteiger partial charge < -0.3 is 9.47 Å². The average molecular weight is 363 g/mol. The van der Waals surface area contributed by atoms with Gasteiger partial charge in [0.2, 0.25) is 10.0 Å². The lowest BCUT2D eigenvalue weighted by atomic mass is 10.1. The van der Waals surface area contributed by atoms with Crippen LogP contribution in [0.3, 0.4) is 0 Å². The highest BCUT2D eigenvalue weighted by molar-refractivity contribution is 7.89. The molecule has 0 spiro atoms. The van der Waals surface area contributed by atoms with Crippen LogP contribution in [0.5, 0.6) is 11.5 Å². The zero-order valence-electron chi connectivity index (χ0n) is 14.4. The van der Waals surface area contributed by atoms with Gasteiger partial charge in [-0.3, -0.25) is 4.79 Å². The Kier molecular flexibility index (Phi) is 6.03. The highest BCUT2D eigenvalue weighted by Gasteiger charge is 2.16. The molecular weight excluding hydrogens is 342 g/mol. The van der Waals surface area contributed by atoms with Crippen LogP contribution in [-0.4, -0.2) is 27.7 Å². The number of nitrogens with one attached hydrogen (secondary N) is 1. The van der Waals surface area contributed by atoms with E-state index in [2.05, 4.69) is 6.92 Å². The van der Waals surface area contributed by atoms with Crippen LogP contribution in [0, 0.1) is 0 Å². The minimum absolute atomic E-state index is 0.143. The van der Waals surface area contributed by atoms with E-state index in [1.165, 1.54) is 18.7 Å². The van der Waals surface area contributed by atoms with E-state index in [4.69, 9.17) is 9.47 Å². The molecule has 0 saturated carbocycles. The predicted octanol–water partition coefficient (Wildman–Crippen LogP) is 2.53. The zero-order chi connectivity index (χ0) is 18.4. The summed E-state index contributed by atoms with van der Waals surface area (Å²) in [7, 11) is -2.22. The van der Waals surface area contributed by atoms with Gasteiger partial charge in [-0.25, -0.2) is 13.1 Å². The van der Waals surface area contributed by atoms with E-state index in [-0.39, 0.29) is 11.3 Å². The summed E-state index contributed by atoms with van der Waals surface area (Å²) in [6.07, 6.45) is 1.89. The van der Waals surface area contributed by atoms with E-state index in [1.54, 1.807) is 12.1 Å². The molecule has 0 atom stereocenters. The van der Waals surface area contributed by atoms with Crippen molar-refractivity contribution in [3.05, 3.63) is 59.2 Å². The molecular formula is C18H21NO5S. The molecule has 0 aliphatic heterocycles. The first kappa shape index (κ1) is 18.8. The second kappa shape index (κ2) is 8.02. The molecule has 0 aliphatic carbocycles.